The van der Waals surface area contributed by atoms with Gasteiger partial charge in [-0.3, -0.25) is 9.52 Å². The van der Waals surface area contributed by atoms with Crippen molar-refractivity contribution >= 4 is 56.5 Å². The number of anilines is 2. The molecule has 10 heteroatoms. The van der Waals surface area contributed by atoms with Gasteiger partial charge in [0.1, 0.15) is 0 Å². The molecule has 0 radical (unpaired) electrons. The molecule has 36 heavy (non-hydrogen) atoms. The number of benzene rings is 3. The molecule has 3 rings (SSSR count). The summed E-state index contributed by atoms with van der Waals surface area (Å²) in [7, 11) is -3.96. The summed E-state index contributed by atoms with van der Waals surface area (Å²) in [4.78, 5) is 25.0. The lowest BCUT2D eigenvalue weighted by molar-refractivity contribution is -0.123. The Balaban J connectivity index is 1.66. The molecule has 0 heterocycles. The quantitative estimate of drug-likeness (QED) is 0.288. The van der Waals surface area contributed by atoms with E-state index >= 15 is 0 Å². The molecule has 0 aliphatic carbocycles. The lowest BCUT2D eigenvalue weighted by Gasteiger charge is -2.15. The number of aryl methyl sites for hydroxylation is 1. The van der Waals surface area contributed by atoms with Gasteiger partial charge in [-0.15, -0.1) is 0 Å². The van der Waals surface area contributed by atoms with Crippen LogP contribution in [0.1, 0.15) is 42.6 Å². The van der Waals surface area contributed by atoms with Gasteiger partial charge in [-0.1, -0.05) is 54.7 Å². The summed E-state index contributed by atoms with van der Waals surface area (Å²) >= 11 is 11.9. The maximum Gasteiger partial charge on any atom is 0.338 e. The number of carbonyl (C=O) groups excluding carboxylic acids is 2. The Morgan fingerprint density at radius 2 is 1.72 bits per heavy atom. The average molecular weight is 549 g/mol. The zero-order valence-electron chi connectivity index (χ0n) is 19.8. The number of carbonyl (C=O) groups is 2. The molecule has 0 fully saturated rings. The molecule has 0 saturated heterocycles. The van der Waals surface area contributed by atoms with Crippen LogP contribution in [-0.2, 0) is 26.0 Å². The van der Waals surface area contributed by atoms with E-state index in [9.17, 15) is 18.0 Å². The molecule has 0 unspecified atom stereocenters. The van der Waals surface area contributed by atoms with Crippen molar-refractivity contribution < 1.29 is 22.7 Å². The topological polar surface area (TPSA) is 102 Å². The first-order valence-electron chi connectivity index (χ1n) is 11.3. The van der Waals surface area contributed by atoms with Gasteiger partial charge in [-0.2, -0.15) is 0 Å². The van der Waals surface area contributed by atoms with Crippen LogP contribution in [0.15, 0.2) is 71.6 Å². The Hall–Kier alpha value is -3.07. The Morgan fingerprint density at radius 3 is 2.39 bits per heavy atom. The fourth-order valence-corrected chi connectivity index (χ4v) is 4.79. The predicted octanol–water partition coefficient (Wildman–Crippen LogP) is 6.32. The molecule has 0 bridgehead atoms. The number of rotatable bonds is 10. The first kappa shape index (κ1) is 27.5. The maximum atomic E-state index is 12.9. The van der Waals surface area contributed by atoms with E-state index in [1.54, 1.807) is 18.2 Å². The first-order chi connectivity index (χ1) is 17.1. The summed E-state index contributed by atoms with van der Waals surface area (Å²) < 4.78 is 33.5. The van der Waals surface area contributed by atoms with Crippen LogP contribution < -0.4 is 10.0 Å². The zero-order valence-corrected chi connectivity index (χ0v) is 22.1. The summed E-state index contributed by atoms with van der Waals surface area (Å²) in [5, 5.41) is 3.20. The maximum absolute atomic E-state index is 12.9. The van der Waals surface area contributed by atoms with E-state index in [4.69, 9.17) is 27.9 Å². The Kier molecular flexibility index (Phi) is 9.37. The Labute approximate surface area is 220 Å². The first-order valence-corrected chi connectivity index (χ1v) is 13.5. The molecule has 3 aromatic carbocycles. The fourth-order valence-electron chi connectivity index (χ4n) is 3.23. The molecule has 0 saturated carbocycles. The van der Waals surface area contributed by atoms with Gasteiger partial charge in [0.2, 0.25) is 0 Å². The van der Waals surface area contributed by atoms with E-state index in [2.05, 4.69) is 17.0 Å². The zero-order chi connectivity index (χ0) is 26.3. The Morgan fingerprint density at radius 1 is 1.00 bits per heavy atom. The second-order valence-corrected chi connectivity index (χ2v) is 10.6. The summed E-state index contributed by atoms with van der Waals surface area (Å²) in [6.07, 6.45) is 1.89. The summed E-state index contributed by atoms with van der Waals surface area (Å²) in [5.74, 6) is -1.46. The van der Waals surface area contributed by atoms with E-state index in [0.717, 1.165) is 24.8 Å². The normalized spacial score (nSPS) is 12.0. The number of ether oxygens (including phenoxy) is 1. The molecular formula is C26H26Cl2N2O5S. The van der Waals surface area contributed by atoms with Gasteiger partial charge in [0.05, 0.1) is 21.2 Å². The lowest BCUT2D eigenvalue weighted by atomic mass is 10.1. The third-order valence-electron chi connectivity index (χ3n) is 5.25. The minimum Gasteiger partial charge on any atom is -0.449 e. The minimum absolute atomic E-state index is 0.0167. The second-order valence-electron chi connectivity index (χ2n) is 8.09. The van der Waals surface area contributed by atoms with Crippen molar-refractivity contribution in [1.82, 2.24) is 0 Å². The summed E-state index contributed by atoms with van der Waals surface area (Å²) in [6.45, 7) is 3.50. The highest BCUT2D eigenvalue weighted by Gasteiger charge is 2.22. The smallest absolute Gasteiger partial charge is 0.338 e. The number of sulfonamides is 1. The van der Waals surface area contributed by atoms with Gasteiger partial charge in [0, 0.05) is 10.7 Å². The molecular weight excluding hydrogens is 523 g/mol. The number of unbranched alkanes of at least 4 members (excludes halogenated alkanes) is 1. The molecule has 2 N–H and O–H groups in total. The van der Waals surface area contributed by atoms with Crippen molar-refractivity contribution in [1.29, 1.82) is 0 Å². The van der Waals surface area contributed by atoms with E-state index in [1.807, 2.05) is 12.1 Å². The molecule has 1 amide bonds. The molecule has 7 nitrogen and oxygen atoms in total. The average Bonchev–Trinajstić information content (AvgIpc) is 2.85. The summed E-state index contributed by atoms with van der Waals surface area (Å²) in [5.41, 5.74) is 1.83. The molecule has 1 atom stereocenters. The number of halogens is 2. The fraction of sp³-hybridized carbons (Fsp3) is 0.231. The van der Waals surface area contributed by atoms with E-state index in [0.29, 0.717) is 16.4 Å². The van der Waals surface area contributed by atoms with Crippen molar-refractivity contribution in [2.45, 2.75) is 44.1 Å². The van der Waals surface area contributed by atoms with Crippen molar-refractivity contribution in [3.8, 4) is 0 Å². The van der Waals surface area contributed by atoms with Gasteiger partial charge < -0.3 is 10.1 Å². The highest BCUT2D eigenvalue weighted by Crippen LogP contribution is 2.26. The van der Waals surface area contributed by atoms with Crippen molar-refractivity contribution in [3.63, 3.8) is 0 Å². The van der Waals surface area contributed by atoms with Crippen LogP contribution in [0, 0.1) is 0 Å². The third kappa shape index (κ3) is 7.46. The van der Waals surface area contributed by atoms with Crippen LogP contribution in [0.2, 0.25) is 10.0 Å². The molecule has 0 aliphatic heterocycles. The van der Waals surface area contributed by atoms with Crippen molar-refractivity contribution in [2.75, 3.05) is 10.0 Å². The number of hydrogen-bond acceptors (Lipinski definition) is 5. The molecule has 3 aromatic rings. The standard InChI is InChI=1S/C26H26Cl2N2O5S/c1-3-4-6-18-9-12-21(13-10-18)30-36(33,34)22-8-5-7-19(15-22)26(32)35-17(2)25(31)29-24-14-11-20(27)16-23(24)28/h5,7-17,30H,3-4,6H2,1-2H3,(H,29,31)/t17-/m0/s1. The van der Waals surface area contributed by atoms with Gasteiger partial charge in [-0.25, -0.2) is 13.2 Å². The largest absolute Gasteiger partial charge is 0.449 e. The molecule has 0 aromatic heterocycles. The highest BCUT2D eigenvalue weighted by atomic mass is 35.5. The SMILES string of the molecule is CCCCc1ccc(NS(=O)(=O)c2cccc(C(=O)O[C@@H](C)C(=O)Nc3ccc(Cl)cc3Cl)c2)cc1. The van der Waals surface area contributed by atoms with Crippen LogP contribution in [0.25, 0.3) is 0 Å². The van der Waals surface area contributed by atoms with Crippen molar-refractivity contribution in [3.05, 3.63) is 87.9 Å². The molecule has 0 spiro atoms. The minimum atomic E-state index is -3.96. The van der Waals surface area contributed by atoms with Gasteiger partial charge in [0.15, 0.2) is 6.10 Å². The van der Waals surface area contributed by atoms with Crippen LogP contribution >= 0.6 is 23.2 Å². The van der Waals surface area contributed by atoms with Crippen LogP contribution in [-0.4, -0.2) is 26.4 Å². The summed E-state index contributed by atoms with van der Waals surface area (Å²) in [6, 6.07) is 17.1. The number of esters is 1. The third-order valence-corrected chi connectivity index (χ3v) is 7.17. The predicted molar refractivity (Wildman–Crippen MR) is 142 cm³/mol. The molecule has 0 aliphatic rings. The van der Waals surface area contributed by atoms with Crippen molar-refractivity contribution in [2.24, 2.45) is 0 Å². The van der Waals surface area contributed by atoms with E-state index in [1.165, 1.54) is 43.3 Å². The Bertz CT molecular complexity index is 1340. The van der Waals surface area contributed by atoms with Gasteiger partial charge in [0.25, 0.3) is 15.9 Å². The second kappa shape index (κ2) is 12.3. The van der Waals surface area contributed by atoms with Crippen LogP contribution in [0.3, 0.4) is 0 Å². The van der Waals surface area contributed by atoms with Crippen LogP contribution in [0.5, 0.6) is 0 Å². The number of hydrogen-bond donors (Lipinski definition) is 2. The number of nitrogens with one attached hydrogen (secondary N) is 2. The molecule has 190 valence electrons. The van der Waals surface area contributed by atoms with Gasteiger partial charge in [-0.05, 0) is 73.9 Å². The van der Waals surface area contributed by atoms with Gasteiger partial charge >= 0.3 is 5.97 Å². The van der Waals surface area contributed by atoms with Crippen LogP contribution in [0.4, 0.5) is 11.4 Å². The lowest BCUT2D eigenvalue weighted by Crippen LogP contribution is -2.30. The van der Waals surface area contributed by atoms with E-state index < -0.39 is 28.0 Å². The monoisotopic (exact) mass is 548 g/mol. The number of amides is 1. The van der Waals surface area contributed by atoms with E-state index in [-0.39, 0.29) is 15.5 Å². The highest BCUT2D eigenvalue weighted by molar-refractivity contribution is 7.92.